The molecule has 0 saturated heterocycles. The fourth-order valence-electron chi connectivity index (χ4n) is 3.73. The second kappa shape index (κ2) is 5.87. The summed E-state index contributed by atoms with van der Waals surface area (Å²) >= 11 is 0. The van der Waals surface area contributed by atoms with Gasteiger partial charge in [0.25, 0.3) is 0 Å². The highest BCUT2D eigenvalue weighted by atomic mass is 19.4. The molecule has 122 valence electrons. The van der Waals surface area contributed by atoms with Crippen molar-refractivity contribution in [2.45, 2.75) is 24.9 Å². The summed E-state index contributed by atoms with van der Waals surface area (Å²) in [5.74, 6) is -0.208. The molecule has 1 aromatic carbocycles. The van der Waals surface area contributed by atoms with E-state index in [9.17, 15) is 18.0 Å². The van der Waals surface area contributed by atoms with Gasteiger partial charge in [-0.1, -0.05) is 30.4 Å². The number of rotatable bonds is 3. The van der Waals surface area contributed by atoms with Gasteiger partial charge in [-0.3, -0.25) is 0 Å². The Hall–Kier alpha value is -2.04. The molecule has 23 heavy (non-hydrogen) atoms. The van der Waals surface area contributed by atoms with E-state index in [4.69, 9.17) is 0 Å². The number of allylic oxidation sites excluding steroid dienone is 2. The SMILES string of the molecule is COC(=O)/C=C/c1cccc(C2CC3C=CC2C3)c1C(F)(F)F. The third-order valence-corrected chi connectivity index (χ3v) is 4.69. The van der Waals surface area contributed by atoms with Crippen molar-refractivity contribution in [2.75, 3.05) is 7.11 Å². The molecule has 1 saturated carbocycles. The molecule has 3 rings (SSSR count). The van der Waals surface area contributed by atoms with E-state index in [2.05, 4.69) is 10.8 Å². The van der Waals surface area contributed by atoms with Crippen molar-refractivity contribution in [2.24, 2.45) is 11.8 Å². The van der Waals surface area contributed by atoms with Crippen LogP contribution in [0.15, 0.2) is 36.4 Å². The normalized spacial score (nSPS) is 26.2. The molecule has 3 unspecified atom stereocenters. The van der Waals surface area contributed by atoms with Crippen LogP contribution in [-0.4, -0.2) is 13.1 Å². The molecule has 2 bridgehead atoms. The number of carbonyl (C=O) groups is 1. The molecule has 0 amide bonds. The number of halogens is 3. The summed E-state index contributed by atoms with van der Waals surface area (Å²) in [5, 5.41) is 0. The summed E-state index contributed by atoms with van der Waals surface area (Å²) in [6.45, 7) is 0. The van der Waals surface area contributed by atoms with Crippen molar-refractivity contribution in [3.63, 3.8) is 0 Å². The number of carbonyl (C=O) groups excluding carboxylic acids is 1. The van der Waals surface area contributed by atoms with Crippen molar-refractivity contribution < 1.29 is 22.7 Å². The fraction of sp³-hybridized carbons (Fsp3) is 0.389. The minimum absolute atomic E-state index is 0.00662. The smallest absolute Gasteiger partial charge is 0.417 e. The first kappa shape index (κ1) is 15.8. The van der Waals surface area contributed by atoms with Crippen LogP contribution in [-0.2, 0) is 15.7 Å². The van der Waals surface area contributed by atoms with E-state index in [0.29, 0.717) is 11.5 Å². The molecule has 0 spiro atoms. The van der Waals surface area contributed by atoms with Crippen LogP contribution in [0.4, 0.5) is 13.2 Å². The highest BCUT2D eigenvalue weighted by Gasteiger charge is 2.42. The number of benzene rings is 1. The highest BCUT2D eigenvalue weighted by molar-refractivity contribution is 5.87. The third kappa shape index (κ3) is 3.05. The van der Waals surface area contributed by atoms with Gasteiger partial charge in [0.15, 0.2) is 0 Å². The van der Waals surface area contributed by atoms with Gasteiger partial charge in [-0.15, -0.1) is 0 Å². The van der Waals surface area contributed by atoms with Crippen molar-refractivity contribution in [3.05, 3.63) is 53.1 Å². The fourth-order valence-corrected chi connectivity index (χ4v) is 3.73. The monoisotopic (exact) mass is 322 g/mol. The van der Waals surface area contributed by atoms with E-state index in [1.165, 1.54) is 19.3 Å². The number of ether oxygens (including phenoxy) is 1. The van der Waals surface area contributed by atoms with Crippen molar-refractivity contribution in [1.29, 1.82) is 0 Å². The molecule has 1 aromatic rings. The van der Waals surface area contributed by atoms with Gasteiger partial charge >= 0.3 is 12.1 Å². The summed E-state index contributed by atoms with van der Waals surface area (Å²) in [7, 11) is 1.19. The molecule has 1 fully saturated rings. The van der Waals surface area contributed by atoms with Crippen LogP contribution in [0.25, 0.3) is 6.08 Å². The molecule has 0 heterocycles. The first-order valence-corrected chi connectivity index (χ1v) is 7.54. The van der Waals surface area contributed by atoms with Crippen LogP contribution in [0.1, 0.15) is 35.4 Å². The average Bonchev–Trinajstić information content (AvgIpc) is 3.14. The number of hydrogen-bond acceptors (Lipinski definition) is 2. The Balaban J connectivity index is 2.04. The Morgan fingerprint density at radius 3 is 2.61 bits per heavy atom. The van der Waals surface area contributed by atoms with Crippen molar-refractivity contribution in [1.82, 2.24) is 0 Å². The number of methoxy groups -OCH3 is 1. The maximum absolute atomic E-state index is 13.6. The van der Waals surface area contributed by atoms with Gasteiger partial charge in [0, 0.05) is 6.08 Å². The van der Waals surface area contributed by atoms with Crippen LogP contribution in [0.2, 0.25) is 0 Å². The van der Waals surface area contributed by atoms with Crippen LogP contribution < -0.4 is 0 Å². The largest absolute Gasteiger partial charge is 0.466 e. The zero-order valence-electron chi connectivity index (χ0n) is 12.6. The van der Waals surface area contributed by atoms with Crippen LogP contribution in [0.3, 0.4) is 0 Å². The molecule has 2 nitrogen and oxygen atoms in total. The van der Waals surface area contributed by atoms with Gasteiger partial charge in [0.2, 0.25) is 0 Å². The summed E-state index contributed by atoms with van der Waals surface area (Å²) in [5.41, 5.74) is -0.292. The zero-order chi connectivity index (χ0) is 16.6. The lowest BCUT2D eigenvalue weighted by Gasteiger charge is -2.24. The summed E-state index contributed by atoms with van der Waals surface area (Å²) < 4.78 is 45.4. The van der Waals surface area contributed by atoms with E-state index in [-0.39, 0.29) is 17.4 Å². The maximum atomic E-state index is 13.6. The quantitative estimate of drug-likeness (QED) is 0.463. The molecule has 2 aliphatic rings. The van der Waals surface area contributed by atoms with Gasteiger partial charge in [-0.2, -0.15) is 13.2 Å². The second-order valence-corrected chi connectivity index (χ2v) is 6.05. The lowest BCUT2D eigenvalue weighted by atomic mass is 9.82. The van der Waals surface area contributed by atoms with Gasteiger partial charge in [0.05, 0.1) is 12.7 Å². The van der Waals surface area contributed by atoms with Gasteiger partial charge in [-0.05, 0) is 47.8 Å². The molecule has 5 heteroatoms. The Kier molecular flexibility index (Phi) is 4.04. The first-order valence-electron chi connectivity index (χ1n) is 7.54. The molecular formula is C18H17F3O2. The van der Waals surface area contributed by atoms with E-state index in [1.54, 1.807) is 12.1 Å². The molecule has 0 aliphatic heterocycles. The second-order valence-electron chi connectivity index (χ2n) is 6.05. The van der Waals surface area contributed by atoms with E-state index >= 15 is 0 Å². The van der Waals surface area contributed by atoms with Crippen molar-refractivity contribution in [3.8, 4) is 0 Å². The number of fused-ring (bicyclic) bond motifs is 2. The number of hydrogen-bond donors (Lipinski definition) is 0. The van der Waals surface area contributed by atoms with E-state index < -0.39 is 17.7 Å². The number of esters is 1. The Morgan fingerprint density at radius 2 is 2.04 bits per heavy atom. The third-order valence-electron chi connectivity index (χ3n) is 4.69. The topological polar surface area (TPSA) is 26.3 Å². The summed E-state index contributed by atoms with van der Waals surface area (Å²) in [4.78, 5) is 11.2. The standard InChI is InChI=1S/C18H17F3O2/c1-23-16(22)8-7-12-3-2-4-14(17(12)18(19,20)21)15-10-11-5-6-13(15)9-11/h2-8,11,13,15H,9-10H2,1H3/b8-7+. The van der Waals surface area contributed by atoms with Gasteiger partial charge in [0.1, 0.15) is 0 Å². The molecule has 0 radical (unpaired) electrons. The average molecular weight is 322 g/mol. The van der Waals surface area contributed by atoms with Crippen LogP contribution in [0.5, 0.6) is 0 Å². The Morgan fingerprint density at radius 1 is 1.26 bits per heavy atom. The predicted octanol–water partition coefficient (Wildman–Crippen LogP) is 4.57. The zero-order valence-corrected chi connectivity index (χ0v) is 12.6. The van der Waals surface area contributed by atoms with E-state index in [1.807, 2.05) is 6.08 Å². The van der Waals surface area contributed by atoms with Gasteiger partial charge < -0.3 is 4.74 Å². The highest BCUT2D eigenvalue weighted by Crippen LogP contribution is 2.51. The lowest BCUT2D eigenvalue weighted by Crippen LogP contribution is -2.16. The molecule has 2 aliphatic carbocycles. The molecular weight excluding hydrogens is 305 g/mol. The minimum Gasteiger partial charge on any atom is -0.466 e. The predicted molar refractivity (Wildman–Crippen MR) is 80.6 cm³/mol. The molecule has 0 aromatic heterocycles. The molecule has 0 N–H and O–H groups in total. The van der Waals surface area contributed by atoms with E-state index in [0.717, 1.165) is 18.9 Å². The Labute approximate surface area is 132 Å². The van der Waals surface area contributed by atoms with Crippen molar-refractivity contribution >= 4 is 12.0 Å². The molecule has 3 atom stereocenters. The first-order chi connectivity index (χ1) is 10.9. The minimum atomic E-state index is -4.46. The maximum Gasteiger partial charge on any atom is 0.417 e. The number of alkyl halides is 3. The lowest BCUT2D eigenvalue weighted by molar-refractivity contribution is -0.139. The van der Waals surface area contributed by atoms with Gasteiger partial charge in [-0.25, -0.2) is 4.79 Å². The summed E-state index contributed by atoms with van der Waals surface area (Å²) in [6.07, 6.45) is 3.58. The van der Waals surface area contributed by atoms with Crippen LogP contribution in [0, 0.1) is 11.8 Å². The summed E-state index contributed by atoms with van der Waals surface area (Å²) in [6, 6.07) is 4.57. The van der Waals surface area contributed by atoms with Crippen LogP contribution >= 0.6 is 0 Å². The Bertz CT molecular complexity index is 673.